The van der Waals surface area contributed by atoms with Crippen LogP contribution < -0.4 is 0 Å². The third-order valence-electron chi connectivity index (χ3n) is 4.41. The maximum atomic E-state index is 6.51. The summed E-state index contributed by atoms with van der Waals surface area (Å²) in [6.45, 7) is 0. The summed E-state index contributed by atoms with van der Waals surface area (Å²) >= 11 is 20.0. The Morgan fingerprint density at radius 1 is 1.29 bits per heavy atom. The van der Waals surface area contributed by atoms with E-state index < -0.39 is 0 Å². The Morgan fingerprint density at radius 3 is 2.65 bits per heavy atom. The summed E-state index contributed by atoms with van der Waals surface area (Å²) in [6.07, 6.45) is 6.74. The molecule has 1 heterocycles. The number of halogens is 3. The van der Waals surface area contributed by atoms with E-state index in [0.29, 0.717) is 0 Å². The predicted octanol–water partition coefficient (Wildman–Crippen LogP) is 6.16. The molecule has 2 aliphatic carbocycles. The van der Waals surface area contributed by atoms with Crippen molar-refractivity contribution in [2.24, 2.45) is 17.8 Å². The monoisotopic (exact) mass is 308 g/mol. The minimum atomic E-state index is 0.0376. The molecule has 94 valence electrons. The van der Waals surface area contributed by atoms with Gasteiger partial charge in [0.2, 0.25) is 0 Å². The molecule has 2 bridgehead atoms. The predicted molar refractivity (Wildman–Crippen MR) is 76.5 cm³/mol. The van der Waals surface area contributed by atoms with Gasteiger partial charge in [0.25, 0.3) is 0 Å². The summed E-state index contributed by atoms with van der Waals surface area (Å²) in [6, 6.07) is 1.93. The summed E-state index contributed by atoms with van der Waals surface area (Å²) in [5, 5.41) is 0.0376. The lowest BCUT2D eigenvalue weighted by Gasteiger charge is -2.23. The van der Waals surface area contributed by atoms with E-state index in [4.69, 9.17) is 34.8 Å². The first-order valence-corrected chi connectivity index (χ1v) is 8.23. The van der Waals surface area contributed by atoms with E-state index in [9.17, 15) is 0 Å². The third-order valence-corrected chi connectivity index (χ3v) is 6.35. The first-order valence-electron chi connectivity index (χ1n) is 6.22. The van der Waals surface area contributed by atoms with Gasteiger partial charge in [0.15, 0.2) is 0 Å². The van der Waals surface area contributed by atoms with Gasteiger partial charge in [0, 0.05) is 5.56 Å². The highest BCUT2D eigenvalue weighted by molar-refractivity contribution is 7.20. The van der Waals surface area contributed by atoms with E-state index in [0.717, 1.165) is 38.4 Å². The van der Waals surface area contributed by atoms with Gasteiger partial charge in [-0.15, -0.1) is 22.9 Å². The van der Waals surface area contributed by atoms with E-state index in [2.05, 4.69) is 0 Å². The van der Waals surface area contributed by atoms with Crippen LogP contribution in [0, 0.1) is 17.8 Å². The lowest BCUT2D eigenvalue weighted by Crippen LogP contribution is -2.12. The van der Waals surface area contributed by atoms with E-state index in [1.807, 2.05) is 6.07 Å². The Morgan fingerprint density at radius 2 is 2.12 bits per heavy atom. The molecule has 1 aromatic rings. The number of thiophene rings is 1. The summed E-state index contributed by atoms with van der Waals surface area (Å²) in [4.78, 5) is 0. The van der Waals surface area contributed by atoms with Gasteiger partial charge in [0.05, 0.1) is 14.0 Å². The lowest BCUT2D eigenvalue weighted by molar-refractivity contribution is 0.312. The summed E-state index contributed by atoms with van der Waals surface area (Å²) in [5.74, 6) is 2.72. The van der Waals surface area contributed by atoms with Crippen LogP contribution in [0.25, 0.3) is 0 Å². The fourth-order valence-corrected chi connectivity index (χ4v) is 5.73. The second-order valence-electron chi connectivity index (χ2n) is 5.42. The lowest BCUT2D eigenvalue weighted by atomic mass is 9.85. The van der Waals surface area contributed by atoms with E-state index >= 15 is 0 Å². The normalized spacial score (nSPS) is 33.2. The molecule has 2 aliphatic rings. The fourth-order valence-electron chi connectivity index (χ4n) is 3.62. The molecule has 4 atom stereocenters. The van der Waals surface area contributed by atoms with Gasteiger partial charge < -0.3 is 0 Å². The van der Waals surface area contributed by atoms with Gasteiger partial charge in [-0.25, -0.2) is 0 Å². The molecule has 4 heteroatoms. The van der Waals surface area contributed by atoms with Crippen LogP contribution in [0.15, 0.2) is 6.07 Å². The van der Waals surface area contributed by atoms with Crippen molar-refractivity contribution >= 4 is 46.1 Å². The Hall–Kier alpha value is 0.570. The quantitative estimate of drug-likeness (QED) is 0.586. The number of fused-ring (bicyclic) bond motifs is 2. The van der Waals surface area contributed by atoms with Crippen LogP contribution in [0.1, 0.15) is 43.0 Å². The molecule has 17 heavy (non-hydrogen) atoms. The summed E-state index contributed by atoms with van der Waals surface area (Å²) in [7, 11) is 0. The van der Waals surface area contributed by atoms with Gasteiger partial charge in [-0.3, -0.25) is 0 Å². The zero-order valence-corrected chi connectivity index (χ0v) is 12.5. The first kappa shape index (κ1) is 12.6. The van der Waals surface area contributed by atoms with Crippen molar-refractivity contribution in [3.63, 3.8) is 0 Å². The maximum Gasteiger partial charge on any atom is 0.0991 e. The molecule has 0 N–H and O–H groups in total. The molecular formula is C13H15Cl3S. The Bertz CT molecular complexity index is 415. The van der Waals surface area contributed by atoms with Gasteiger partial charge in [0.1, 0.15) is 0 Å². The third kappa shape index (κ3) is 2.49. The molecule has 0 saturated heterocycles. The van der Waals surface area contributed by atoms with Gasteiger partial charge in [-0.1, -0.05) is 29.6 Å². The smallest absolute Gasteiger partial charge is 0.0991 e. The van der Waals surface area contributed by atoms with Gasteiger partial charge >= 0.3 is 0 Å². The van der Waals surface area contributed by atoms with Crippen molar-refractivity contribution in [2.45, 2.75) is 37.5 Å². The highest BCUT2D eigenvalue weighted by atomic mass is 35.5. The molecule has 2 saturated carbocycles. The number of rotatable bonds is 3. The average Bonchev–Trinajstić information content (AvgIpc) is 2.93. The van der Waals surface area contributed by atoms with Crippen LogP contribution in [-0.4, -0.2) is 0 Å². The second kappa shape index (κ2) is 4.92. The second-order valence-corrected chi connectivity index (χ2v) is 8.23. The molecule has 2 fully saturated rings. The van der Waals surface area contributed by atoms with E-state index in [-0.39, 0.29) is 5.38 Å². The molecular weight excluding hydrogens is 295 g/mol. The van der Waals surface area contributed by atoms with Crippen molar-refractivity contribution < 1.29 is 0 Å². The van der Waals surface area contributed by atoms with Gasteiger partial charge in [-0.2, -0.15) is 0 Å². The van der Waals surface area contributed by atoms with Crippen molar-refractivity contribution in [3.8, 4) is 0 Å². The standard InChI is InChI=1S/C13H15Cl3S/c14-11(10-6-12(15)17-13(10)16)5-9-4-7-1-2-8(9)3-7/h6-9,11H,1-5H2. The number of alkyl halides is 1. The molecule has 4 unspecified atom stereocenters. The zero-order chi connectivity index (χ0) is 12.0. The van der Waals surface area contributed by atoms with Crippen LogP contribution >= 0.6 is 46.1 Å². The first-order chi connectivity index (χ1) is 8.13. The van der Waals surface area contributed by atoms with Crippen LogP contribution in [-0.2, 0) is 0 Å². The van der Waals surface area contributed by atoms with Crippen LogP contribution in [0.4, 0.5) is 0 Å². The number of hydrogen-bond donors (Lipinski definition) is 0. The van der Waals surface area contributed by atoms with Crippen molar-refractivity contribution in [2.75, 3.05) is 0 Å². The molecule has 1 aromatic heterocycles. The topological polar surface area (TPSA) is 0 Å². The van der Waals surface area contributed by atoms with E-state index in [1.165, 1.54) is 37.0 Å². The maximum absolute atomic E-state index is 6.51. The van der Waals surface area contributed by atoms with Crippen molar-refractivity contribution in [1.82, 2.24) is 0 Å². The SMILES string of the molecule is Clc1cc(C(Cl)CC2CC3CCC2C3)c(Cl)s1. The molecule has 0 aromatic carbocycles. The highest BCUT2D eigenvalue weighted by Gasteiger charge is 2.40. The molecule has 0 nitrogen and oxygen atoms in total. The minimum absolute atomic E-state index is 0.0376. The average molecular weight is 310 g/mol. The largest absolute Gasteiger partial charge is 0.118 e. The van der Waals surface area contributed by atoms with Crippen LogP contribution in [0.2, 0.25) is 8.67 Å². The molecule has 0 amide bonds. The van der Waals surface area contributed by atoms with Crippen molar-refractivity contribution in [1.29, 1.82) is 0 Å². The summed E-state index contributed by atoms with van der Waals surface area (Å²) < 4.78 is 1.50. The Labute approximate surface area is 121 Å². The highest BCUT2D eigenvalue weighted by Crippen LogP contribution is 2.52. The Kier molecular flexibility index (Phi) is 3.65. The molecule has 3 rings (SSSR count). The van der Waals surface area contributed by atoms with Crippen molar-refractivity contribution in [3.05, 3.63) is 20.3 Å². The van der Waals surface area contributed by atoms with Gasteiger partial charge in [-0.05, 0) is 49.5 Å². The fraction of sp³-hybridized carbons (Fsp3) is 0.692. The van der Waals surface area contributed by atoms with E-state index in [1.54, 1.807) is 0 Å². The summed E-state index contributed by atoms with van der Waals surface area (Å²) in [5.41, 5.74) is 1.03. The zero-order valence-electron chi connectivity index (χ0n) is 9.46. The number of hydrogen-bond acceptors (Lipinski definition) is 1. The molecule has 0 spiro atoms. The molecule has 0 aliphatic heterocycles. The Balaban J connectivity index is 1.67. The molecule has 0 radical (unpaired) electrons. The minimum Gasteiger partial charge on any atom is -0.118 e. The van der Waals surface area contributed by atoms with Crippen LogP contribution in [0.5, 0.6) is 0 Å². The van der Waals surface area contributed by atoms with Crippen LogP contribution in [0.3, 0.4) is 0 Å².